The fourth-order valence-electron chi connectivity index (χ4n) is 1.47. The zero-order chi connectivity index (χ0) is 14.8. The minimum Gasteiger partial charge on any atom is -0.478 e. The second kappa shape index (κ2) is 5.48. The average Bonchev–Trinajstić information content (AvgIpc) is 2.39. The van der Waals surface area contributed by atoms with Crippen LogP contribution in [0, 0.1) is 0 Å². The zero-order valence-electron chi connectivity index (χ0n) is 9.95. The number of aromatic carboxylic acids is 1. The van der Waals surface area contributed by atoms with E-state index in [-0.39, 0.29) is 21.2 Å². The maximum atomic E-state index is 12.0. The first-order chi connectivity index (χ1) is 9.40. The standard InChI is InChI=1S/C12H9ClN2O4S/c13-11-6-8(3-4-10(11)12(16)17)15-20(18,19)9-2-1-5-14-7-9/h1-7,15H,(H,16,17). The summed E-state index contributed by atoms with van der Waals surface area (Å²) >= 11 is 5.77. The number of aromatic nitrogens is 1. The summed E-state index contributed by atoms with van der Waals surface area (Å²) in [7, 11) is -3.78. The van der Waals surface area contributed by atoms with Gasteiger partial charge in [0.15, 0.2) is 0 Å². The minimum atomic E-state index is -3.78. The van der Waals surface area contributed by atoms with Crippen LogP contribution in [-0.4, -0.2) is 24.5 Å². The van der Waals surface area contributed by atoms with Crippen molar-refractivity contribution in [1.29, 1.82) is 0 Å². The van der Waals surface area contributed by atoms with Crippen molar-refractivity contribution in [3.63, 3.8) is 0 Å². The molecule has 1 heterocycles. The van der Waals surface area contributed by atoms with Gasteiger partial charge < -0.3 is 5.11 Å². The number of benzene rings is 1. The first-order valence-electron chi connectivity index (χ1n) is 5.36. The molecular formula is C12H9ClN2O4S. The van der Waals surface area contributed by atoms with Crippen LogP contribution in [-0.2, 0) is 10.0 Å². The van der Waals surface area contributed by atoms with Crippen LogP contribution in [0.5, 0.6) is 0 Å². The summed E-state index contributed by atoms with van der Waals surface area (Å²) in [5.41, 5.74) is 0.0693. The summed E-state index contributed by atoms with van der Waals surface area (Å²) < 4.78 is 26.3. The third-order valence-electron chi connectivity index (χ3n) is 2.40. The molecule has 6 nitrogen and oxygen atoms in total. The van der Waals surface area contributed by atoms with E-state index in [1.54, 1.807) is 0 Å². The molecule has 1 aromatic heterocycles. The van der Waals surface area contributed by atoms with Crippen LogP contribution in [0.1, 0.15) is 10.4 Å². The lowest BCUT2D eigenvalue weighted by Gasteiger charge is -2.08. The van der Waals surface area contributed by atoms with Crippen molar-refractivity contribution in [3.05, 3.63) is 53.3 Å². The highest BCUT2D eigenvalue weighted by molar-refractivity contribution is 7.92. The SMILES string of the molecule is O=C(O)c1ccc(NS(=O)(=O)c2cccnc2)cc1Cl. The molecule has 104 valence electrons. The number of nitrogens with zero attached hydrogens (tertiary/aromatic N) is 1. The maximum absolute atomic E-state index is 12.0. The molecule has 0 unspecified atom stereocenters. The minimum absolute atomic E-state index is 0.00145. The van der Waals surface area contributed by atoms with Crippen LogP contribution in [0.2, 0.25) is 5.02 Å². The first-order valence-corrected chi connectivity index (χ1v) is 7.22. The number of sulfonamides is 1. The predicted octanol–water partition coefficient (Wildman–Crippen LogP) is 2.23. The molecule has 2 rings (SSSR count). The lowest BCUT2D eigenvalue weighted by Crippen LogP contribution is -2.13. The van der Waals surface area contributed by atoms with Crippen molar-refractivity contribution in [2.45, 2.75) is 4.90 Å². The van der Waals surface area contributed by atoms with Gasteiger partial charge in [0.2, 0.25) is 0 Å². The Kier molecular flexibility index (Phi) is 3.91. The average molecular weight is 313 g/mol. The Morgan fingerprint density at radius 1 is 1.30 bits per heavy atom. The van der Waals surface area contributed by atoms with Crippen LogP contribution in [0.4, 0.5) is 5.69 Å². The van der Waals surface area contributed by atoms with E-state index in [2.05, 4.69) is 9.71 Å². The number of carboxylic acid groups (broad SMARTS) is 1. The molecule has 2 aromatic rings. The maximum Gasteiger partial charge on any atom is 0.337 e. The number of pyridine rings is 1. The van der Waals surface area contributed by atoms with Gasteiger partial charge in [0, 0.05) is 12.4 Å². The third-order valence-corrected chi connectivity index (χ3v) is 4.08. The van der Waals surface area contributed by atoms with Gasteiger partial charge in [-0.1, -0.05) is 11.6 Å². The molecule has 8 heteroatoms. The van der Waals surface area contributed by atoms with Crippen molar-refractivity contribution in [2.75, 3.05) is 4.72 Å². The van der Waals surface area contributed by atoms with Gasteiger partial charge in [0.05, 0.1) is 16.3 Å². The summed E-state index contributed by atoms with van der Waals surface area (Å²) in [4.78, 5) is 14.5. The Bertz CT molecular complexity index is 747. The Morgan fingerprint density at radius 2 is 2.05 bits per heavy atom. The lowest BCUT2D eigenvalue weighted by atomic mass is 10.2. The van der Waals surface area contributed by atoms with Crippen LogP contribution in [0.3, 0.4) is 0 Å². The molecule has 0 atom stereocenters. The van der Waals surface area contributed by atoms with Gasteiger partial charge in [-0.15, -0.1) is 0 Å². The molecule has 1 aromatic carbocycles. The van der Waals surface area contributed by atoms with E-state index in [0.29, 0.717) is 0 Å². The fraction of sp³-hybridized carbons (Fsp3) is 0. The quantitative estimate of drug-likeness (QED) is 0.902. The molecule has 0 aliphatic heterocycles. The van der Waals surface area contributed by atoms with Gasteiger partial charge in [-0.25, -0.2) is 13.2 Å². The van der Waals surface area contributed by atoms with E-state index in [0.717, 1.165) is 0 Å². The van der Waals surface area contributed by atoms with E-state index in [9.17, 15) is 13.2 Å². The molecule has 0 fully saturated rings. The number of hydrogen-bond acceptors (Lipinski definition) is 4. The van der Waals surface area contributed by atoms with E-state index in [1.165, 1.54) is 42.7 Å². The summed E-state index contributed by atoms with van der Waals surface area (Å²) in [6, 6.07) is 6.67. The van der Waals surface area contributed by atoms with Crippen LogP contribution < -0.4 is 4.72 Å². The summed E-state index contributed by atoms with van der Waals surface area (Å²) in [6.45, 7) is 0. The third kappa shape index (κ3) is 3.06. The van der Waals surface area contributed by atoms with Gasteiger partial charge in [-0.05, 0) is 30.3 Å². The van der Waals surface area contributed by atoms with Crippen molar-refractivity contribution < 1.29 is 18.3 Å². The van der Waals surface area contributed by atoms with Crippen LogP contribution in [0.15, 0.2) is 47.6 Å². The highest BCUT2D eigenvalue weighted by Gasteiger charge is 2.15. The first kappa shape index (κ1) is 14.3. The van der Waals surface area contributed by atoms with Crippen LogP contribution >= 0.6 is 11.6 Å². The van der Waals surface area contributed by atoms with Crippen molar-refractivity contribution >= 4 is 33.3 Å². The highest BCUT2D eigenvalue weighted by Crippen LogP contribution is 2.23. The molecule has 0 aliphatic rings. The normalized spacial score (nSPS) is 11.1. The molecule has 20 heavy (non-hydrogen) atoms. The number of anilines is 1. The lowest BCUT2D eigenvalue weighted by molar-refractivity contribution is 0.0697. The van der Waals surface area contributed by atoms with Gasteiger partial charge in [-0.3, -0.25) is 9.71 Å². The van der Waals surface area contributed by atoms with E-state index in [1.807, 2.05) is 0 Å². The topological polar surface area (TPSA) is 96.4 Å². The smallest absolute Gasteiger partial charge is 0.337 e. The van der Waals surface area contributed by atoms with Crippen molar-refractivity contribution in [2.24, 2.45) is 0 Å². The van der Waals surface area contributed by atoms with Gasteiger partial charge in [0.25, 0.3) is 10.0 Å². The van der Waals surface area contributed by atoms with Crippen molar-refractivity contribution in [1.82, 2.24) is 4.98 Å². The molecule has 0 spiro atoms. The largest absolute Gasteiger partial charge is 0.478 e. The monoisotopic (exact) mass is 312 g/mol. The van der Waals surface area contributed by atoms with Gasteiger partial charge >= 0.3 is 5.97 Å². The molecule has 2 N–H and O–H groups in total. The molecule has 0 saturated carbocycles. The molecule has 0 radical (unpaired) electrons. The number of carbonyl (C=O) groups is 1. The Balaban J connectivity index is 2.31. The zero-order valence-corrected chi connectivity index (χ0v) is 11.5. The number of carboxylic acids is 1. The summed E-state index contributed by atoms with van der Waals surface area (Å²) in [5.74, 6) is -1.18. The molecule has 0 amide bonds. The number of hydrogen-bond donors (Lipinski definition) is 2. The molecular weight excluding hydrogens is 304 g/mol. The highest BCUT2D eigenvalue weighted by atomic mass is 35.5. The number of rotatable bonds is 4. The molecule has 0 bridgehead atoms. The van der Waals surface area contributed by atoms with E-state index < -0.39 is 16.0 Å². The predicted molar refractivity (Wildman–Crippen MR) is 73.5 cm³/mol. The van der Waals surface area contributed by atoms with Gasteiger partial charge in [-0.2, -0.15) is 0 Å². The van der Waals surface area contributed by atoms with Gasteiger partial charge in [0.1, 0.15) is 4.90 Å². The second-order valence-corrected chi connectivity index (χ2v) is 5.88. The molecule has 0 aliphatic carbocycles. The Hall–Kier alpha value is -2.12. The van der Waals surface area contributed by atoms with Crippen LogP contribution in [0.25, 0.3) is 0 Å². The Labute approximate surface area is 120 Å². The number of nitrogens with one attached hydrogen (secondary N) is 1. The summed E-state index contributed by atoms with van der Waals surface area (Å²) in [5, 5.41) is 8.78. The molecule has 0 saturated heterocycles. The second-order valence-electron chi connectivity index (χ2n) is 3.79. The Morgan fingerprint density at radius 3 is 2.60 bits per heavy atom. The van der Waals surface area contributed by atoms with Crippen molar-refractivity contribution in [3.8, 4) is 0 Å². The fourth-order valence-corrected chi connectivity index (χ4v) is 2.75. The number of halogens is 1. The van der Waals surface area contributed by atoms with E-state index in [4.69, 9.17) is 16.7 Å². The van der Waals surface area contributed by atoms with E-state index >= 15 is 0 Å². The summed E-state index contributed by atoms with van der Waals surface area (Å²) in [6.07, 6.45) is 2.66.